The number of hydrogen-bond acceptors (Lipinski definition) is 4. The van der Waals surface area contributed by atoms with Crippen LogP contribution in [0.15, 0.2) is 211 Å². The molecule has 12 aromatic rings. The molecule has 5 nitrogen and oxygen atoms in total. The monoisotopic (exact) mass is 766 g/mol. The van der Waals surface area contributed by atoms with Crippen molar-refractivity contribution in [3.05, 3.63) is 206 Å². The fourth-order valence-corrected chi connectivity index (χ4v) is 8.77. The van der Waals surface area contributed by atoms with E-state index in [2.05, 4.69) is 156 Å². The summed E-state index contributed by atoms with van der Waals surface area (Å²) in [6.07, 6.45) is 0. The molecule has 0 bridgehead atoms. The van der Waals surface area contributed by atoms with Crippen LogP contribution in [0.25, 0.3) is 117 Å². The maximum Gasteiger partial charge on any atom is 0.164 e. The number of nitrogens with zero attached hydrogens (tertiary/aromatic N) is 4. The van der Waals surface area contributed by atoms with Crippen molar-refractivity contribution in [1.82, 2.24) is 19.5 Å². The van der Waals surface area contributed by atoms with E-state index in [1.165, 1.54) is 43.7 Å². The third-order valence-corrected chi connectivity index (χ3v) is 11.6. The molecule has 0 saturated carbocycles. The molecule has 3 heterocycles. The topological polar surface area (TPSA) is 56.7 Å². The molecule has 0 saturated heterocycles. The van der Waals surface area contributed by atoms with Crippen molar-refractivity contribution in [3.63, 3.8) is 0 Å². The van der Waals surface area contributed by atoms with Gasteiger partial charge in [0, 0.05) is 43.9 Å². The first-order valence-corrected chi connectivity index (χ1v) is 20.2. The van der Waals surface area contributed by atoms with E-state index in [-0.39, 0.29) is 0 Å². The van der Waals surface area contributed by atoms with E-state index < -0.39 is 0 Å². The van der Waals surface area contributed by atoms with Crippen molar-refractivity contribution in [1.29, 1.82) is 0 Å². The Labute approximate surface area is 345 Å². The summed E-state index contributed by atoms with van der Waals surface area (Å²) in [5, 5.41) is 7.08. The quantitative estimate of drug-likeness (QED) is 0.169. The lowest BCUT2D eigenvalue weighted by atomic mass is 9.97. The lowest BCUT2D eigenvalue weighted by Gasteiger charge is -2.13. The fraction of sp³-hybridized carbons (Fsp3) is 0. The zero-order chi connectivity index (χ0) is 39.6. The molecule has 0 aliphatic carbocycles. The lowest BCUT2D eigenvalue weighted by molar-refractivity contribution is 0.669. The molecular weight excluding hydrogens is 733 g/mol. The van der Waals surface area contributed by atoms with Gasteiger partial charge < -0.3 is 8.98 Å². The number of fused-ring (bicyclic) bond motifs is 7. The number of aromatic nitrogens is 4. The van der Waals surface area contributed by atoms with Gasteiger partial charge in [0.1, 0.15) is 11.2 Å². The molecule has 9 aromatic carbocycles. The van der Waals surface area contributed by atoms with Gasteiger partial charge in [-0.15, -0.1) is 0 Å². The van der Waals surface area contributed by atoms with E-state index in [4.69, 9.17) is 19.4 Å². The van der Waals surface area contributed by atoms with Crippen molar-refractivity contribution >= 4 is 54.5 Å². The molecule has 5 heteroatoms. The number of hydrogen-bond donors (Lipinski definition) is 0. The zero-order valence-corrected chi connectivity index (χ0v) is 32.3. The second-order valence-electron chi connectivity index (χ2n) is 15.2. The molecule has 0 aliphatic rings. The molecule has 3 aromatic heterocycles. The Balaban J connectivity index is 0.975. The van der Waals surface area contributed by atoms with Crippen LogP contribution in [0.2, 0.25) is 0 Å². The fourth-order valence-electron chi connectivity index (χ4n) is 8.77. The van der Waals surface area contributed by atoms with Crippen LogP contribution in [0.5, 0.6) is 0 Å². The smallest absolute Gasteiger partial charge is 0.164 e. The van der Waals surface area contributed by atoms with Gasteiger partial charge in [0.05, 0.1) is 11.0 Å². The molecular formula is C55H34N4O. The van der Waals surface area contributed by atoms with Crippen molar-refractivity contribution < 1.29 is 4.42 Å². The van der Waals surface area contributed by atoms with Gasteiger partial charge >= 0.3 is 0 Å². The summed E-state index contributed by atoms with van der Waals surface area (Å²) in [5.74, 6) is 1.80. The summed E-state index contributed by atoms with van der Waals surface area (Å²) in [5.41, 5.74) is 12.3. The molecule has 0 spiro atoms. The molecule has 0 atom stereocenters. The molecule has 0 amide bonds. The first kappa shape index (κ1) is 33.9. The van der Waals surface area contributed by atoms with Crippen LogP contribution in [0.1, 0.15) is 0 Å². The van der Waals surface area contributed by atoms with E-state index in [1.807, 2.05) is 54.6 Å². The Hall–Kier alpha value is -8.15. The Bertz CT molecular complexity index is 3610. The third-order valence-electron chi connectivity index (χ3n) is 11.6. The predicted molar refractivity (Wildman–Crippen MR) is 246 cm³/mol. The Kier molecular flexibility index (Phi) is 7.78. The molecule has 280 valence electrons. The second kappa shape index (κ2) is 13.8. The van der Waals surface area contributed by atoms with E-state index in [9.17, 15) is 0 Å². The van der Waals surface area contributed by atoms with Crippen LogP contribution in [-0.4, -0.2) is 19.5 Å². The highest BCUT2D eigenvalue weighted by atomic mass is 16.3. The van der Waals surface area contributed by atoms with Crippen LogP contribution < -0.4 is 0 Å². The Morgan fingerprint density at radius 3 is 1.75 bits per heavy atom. The van der Waals surface area contributed by atoms with Gasteiger partial charge in [-0.05, 0) is 81.6 Å². The normalized spacial score (nSPS) is 11.7. The number of para-hydroxylation sites is 2. The van der Waals surface area contributed by atoms with E-state index >= 15 is 0 Å². The Morgan fingerprint density at radius 1 is 0.317 bits per heavy atom. The van der Waals surface area contributed by atoms with Crippen LogP contribution in [0.4, 0.5) is 0 Å². The highest BCUT2D eigenvalue weighted by Crippen LogP contribution is 2.38. The van der Waals surface area contributed by atoms with Gasteiger partial charge in [0.25, 0.3) is 0 Å². The van der Waals surface area contributed by atoms with E-state index in [1.54, 1.807) is 0 Å². The zero-order valence-electron chi connectivity index (χ0n) is 32.3. The highest BCUT2D eigenvalue weighted by molar-refractivity contribution is 6.11. The van der Waals surface area contributed by atoms with Crippen molar-refractivity contribution in [2.45, 2.75) is 0 Å². The second-order valence-corrected chi connectivity index (χ2v) is 15.2. The van der Waals surface area contributed by atoms with Gasteiger partial charge in [-0.1, -0.05) is 158 Å². The number of rotatable bonds is 6. The lowest BCUT2D eigenvalue weighted by Crippen LogP contribution is -2.00. The average molecular weight is 767 g/mol. The maximum absolute atomic E-state index is 6.26. The minimum Gasteiger partial charge on any atom is -0.456 e. The van der Waals surface area contributed by atoms with Crippen LogP contribution in [0, 0.1) is 0 Å². The Morgan fingerprint density at radius 2 is 0.883 bits per heavy atom. The number of benzene rings is 9. The minimum atomic E-state index is 0.586. The summed E-state index contributed by atoms with van der Waals surface area (Å²) < 4.78 is 8.66. The molecule has 0 N–H and O–H groups in total. The average Bonchev–Trinajstić information content (AvgIpc) is 3.86. The summed E-state index contributed by atoms with van der Waals surface area (Å²) >= 11 is 0. The van der Waals surface area contributed by atoms with Crippen LogP contribution >= 0.6 is 0 Å². The molecule has 12 rings (SSSR count). The van der Waals surface area contributed by atoms with Crippen molar-refractivity contribution in [2.75, 3.05) is 0 Å². The van der Waals surface area contributed by atoms with Crippen LogP contribution in [-0.2, 0) is 0 Å². The summed E-state index contributed by atoms with van der Waals surface area (Å²) in [4.78, 5) is 15.2. The first-order chi connectivity index (χ1) is 29.7. The predicted octanol–water partition coefficient (Wildman–Crippen LogP) is 14.4. The molecule has 0 aliphatic heterocycles. The van der Waals surface area contributed by atoms with Crippen molar-refractivity contribution in [2.24, 2.45) is 0 Å². The van der Waals surface area contributed by atoms with Crippen molar-refractivity contribution in [3.8, 4) is 62.1 Å². The highest BCUT2D eigenvalue weighted by Gasteiger charge is 2.17. The standard InChI is InChI=1S/C55H34N4O/c1-2-14-36(15-3-1)53-56-54(58-55(57-53)41-28-30-48-47-23-7-9-26-51(47)60-52(48)34-41)40-19-10-17-37(31-40)38-18-11-20-42(32-38)59-49-25-8-6-22-45(49)46-29-27-39(33-50(46)59)44-24-12-16-35-13-4-5-21-43(35)44/h1-34H. The molecule has 60 heavy (non-hydrogen) atoms. The molecule has 0 fully saturated rings. The van der Waals surface area contributed by atoms with E-state index in [0.717, 1.165) is 55.4 Å². The van der Waals surface area contributed by atoms with Gasteiger partial charge in [-0.3, -0.25) is 0 Å². The summed E-state index contributed by atoms with van der Waals surface area (Å²) in [6, 6.07) is 72.4. The van der Waals surface area contributed by atoms with Gasteiger partial charge in [-0.2, -0.15) is 0 Å². The third kappa shape index (κ3) is 5.67. The number of furan rings is 1. The SMILES string of the molecule is c1ccc(-c2nc(-c3cccc(-c4cccc(-n5c6ccccc6c6ccc(-c7cccc8ccccc78)cc65)c4)c3)nc(-c3ccc4c(c3)oc3ccccc34)n2)cc1. The maximum atomic E-state index is 6.26. The van der Waals surface area contributed by atoms with Crippen LogP contribution in [0.3, 0.4) is 0 Å². The molecule has 0 radical (unpaired) electrons. The van der Waals surface area contributed by atoms with E-state index in [0.29, 0.717) is 17.5 Å². The first-order valence-electron chi connectivity index (χ1n) is 20.2. The van der Waals surface area contributed by atoms with Gasteiger partial charge in [-0.25, -0.2) is 15.0 Å². The van der Waals surface area contributed by atoms with Gasteiger partial charge in [0.2, 0.25) is 0 Å². The largest absolute Gasteiger partial charge is 0.456 e. The molecule has 0 unspecified atom stereocenters. The minimum absolute atomic E-state index is 0.586. The summed E-state index contributed by atoms with van der Waals surface area (Å²) in [7, 11) is 0. The van der Waals surface area contributed by atoms with Gasteiger partial charge in [0.15, 0.2) is 17.5 Å². The summed E-state index contributed by atoms with van der Waals surface area (Å²) in [6.45, 7) is 0.